The first-order chi connectivity index (χ1) is 8.35. The van der Waals surface area contributed by atoms with Crippen LogP contribution >= 0.6 is 0 Å². The van der Waals surface area contributed by atoms with Crippen LogP contribution in [0.25, 0.3) is 5.69 Å². The zero-order valence-corrected chi connectivity index (χ0v) is 9.74. The van der Waals surface area contributed by atoms with Crippen molar-refractivity contribution in [3.05, 3.63) is 30.3 Å². The number of benzene rings is 1. The van der Waals surface area contributed by atoms with E-state index in [-0.39, 0.29) is 6.04 Å². The number of nitrogens with two attached hydrogens (primary N) is 1. The molecule has 0 radical (unpaired) electrons. The van der Waals surface area contributed by atoms with Crippen LogP contribution in [0.2, 0.25) is 0 Å². The predicted octanol–water partition coefficient (Wildman–Crippen LogP) is 0.811. The summed E-state index contributed by atoms with van der Waals surface area (Å²) in [6, 6.07) is 9.93. The first kappa shape index (κ1) is 11.5. The van der Waals surface area contributed by atoms with E-state index in [0.717, 1.165) is 12.1 Å². The summed E-state index contributed by atoms with van der Waals surface area (Å²) in [5, 5.41) is 14.8. The van der Waals surface area contributed by atoms with Crippen LogP contribution in [0.4, 0.5) is 5.95 Å². The highest BCUT2D eigenvalue weighted by Gasteiger charge is 2.11. The number of para-hydroxylation sites is 1. The fourth-order valence-corrected chi connectivity index (χ4v) is 1.53. The summed E-state index contributed by atoms with van der Waals surface area (Å²) in [7, 11) is 0. The Hall–Kier alpha value is -1.95. The molecule has 0 fully saturated rings. The van der Waals surface area contributed by atoms with Crippen molar-refractivity contribution < 1.29 is 0 Å². The molecule has 0 spiro atoms. The molecule has 0 aliphatic rings. The van der Waals surface area contributed by atoms with Crippen LogP contribution in [0, 0.1) is 0 Å². The highest BCUT2D eigenvalue weighted by molar-refractivity contribution is 5.38. The van der Waals surface area contributed by atoms with Crippen molar-refractivity contribution in [2.45, 2.75) is 19.4 Å². The molecule has 1 aromatic heterocycles. The zero-order valence-electron chi connectivity index (χ0n) is 9.74. The van der Waals surface area contributed by atoms with Crippen LogP contribution in [-0.4, -0.2) is 32.8 Å². The number of aromatic nitrogens is 4. The van der Waals surface area contributed by atoms with E-state index in [4.69, 9.17) is 5.73 Å². The van der Waals surface area contributed by atoms with Gasteiger partial charge in [0.15, 0.2) is 0 Å². The smallest absolute Gasteiger partial charge is 0.248 e. The Morgan fingerprint density at radius 3 is 2.76 bits per heavy atom. The van der Waals surface area contributed by atoms with Crippen LogP contribution in [0.3, 0.4) is 0 Å². The fourth-order valence-electron chi connectivity index (χ4n) is 1.53. The summed E-state index contributed by atoms with van der Waals surface area (Å²) < 4.78 is 1.66. The lowest BCUT2D eigenvalue weighted by atomic mass is 10.2. The van der Waals surface area contributed by atoms with Crippen LogP contribution in [0.5, 0.6) is 0 Å². The molecular formula is C11H16N6. The molecule has 90 valence electrons. The number of tetrazole rings is 1. The van der Waals surface area contributed by atoms with Gasteiger partial charge in [-0.2, -0.15) is 4.68 Å². The van der Waals surface area contributed by atoms with Crippen molar-refractivity contribution in [1.29, 1.82) is 0 Å². The number of nitrogens with one attached hydrogen (secondary N) is 1. The van der Waals surface area contributed by atoms with E-state index < -0.39 is 0 Å². The molecule has 1 atom stereocenters. The maximum absolute atomic E-state index is 5.65. The Balaban J connectivity index is 2.23. The Labute approximate surface area is 99.8 Å². The molecule has 0 aliphatic carbocycles. The average Bonchev–Trinajstić information content (AvgIpc) is 2.85. The Kier molecular flexibility index (Phi) is 3.66. The second kappa shape index (κ2) is 5.40. The SMILES string of the molecule is CCC(CN)Nc1nnnn1-c1ccccc1. The van der Waals surface area contributed by atoms with Gasteiger partial charge in [-0.3, -0.25) is 0 Å². The lowest BCUT2D eigenvalue weighted by Crippen LogP contribution is -2.29. The highest BCUT2D eigenvalue weighted by Crippen LogP contribution is 2.11. The number of rotatable bonds is 5. The minimum Gasteiger partial charge on any atom is -0.349 e. The highest BCUT2D eigenvalue weighted by atomic mass is 15.6. The van der Waals surface area contributed by atoms with Gasteiger partial charge in [-0.1, -0.05) is 30.2 Å². The van der Waals surface area contributed by atoms with Gasteiger partial charge in [-0.05, 0) is 29.0 Å². The van der Waals surface area contributed by atoms with E-state index in [1.54, 1.807) is 4.68 Å². The third-order valence-electron chi connectivity index (χ3n) is 2.58. The van der Waals surface area contributed by atoms with Gasteiger partial charge in [0.05, 0.1) is 5.69 Å². The van der Waals surface area contributed by atoms with Crippen molar-refractivity contribution in [2.24, 2.45) is 5.73 Å². The molecule has 3 N–H and O–H groups in total. The summed E-state index contributed by atoms with van der Waals surface area (Å²) in [4.78, 5) is 0. The molecule has 1 unspecified atom stereocenters. The Morgan fingerprint density at radius 1 is 1.35 bits per heavy atom. The van der Waals surface area contributed by atoms with Gasteiger partial charge < -0.3 is 11.1 Å². The largest absolute Gasteiger partial charge is 0.349 e. The standard InChI is InChI=1S/C11H16N6/c1-2-9(8-12)13-11-14-15-16-17(11)10-6-4-3-5-7-10/h3-7,9H,2,8,12H2,1H3,(H,13,14,16). The number of nitrogens with zero attached hydrogens (tertiary/aromatic N) is 4. The van der Waals surface area contributed by atoms with Crippen molar-refractivity contribution in [1.82, 2.24) is 20.2 Å². The minimum atomic E-state index is 0.184. The van der Waals surface area contributed by atoms with Crippen molar-refractivity contribution in [2.75, 3.05) is 11.9 Å². The van der Waals surface area contributed by atoms with E-state index in [9.17, 15) is 0 Å². The molecule has 2 rings (SSSR count). The maximum Gasteiger partial charge on any atom is 0.248 e. The summed E-state index contributed by atoms with van der Waals surface area (Å²) in [6.45, 7) is 2.62. The normalized spacial score (nSPS) is 12.4. The minimum absolute atomic E-state index is 0.184. The fraction of sp³-hybridized carbons (Fsp3) is 0.364. The quantitative estimate of drug-likeness (QED) is 0.797. The van der Waals surface area contributed by atoms with Gasteiger partial charge in [0.1, 0.15) is 0 Å². The molecule has 1 aromatic carbocycles. The van der Waals surface area contributed by atoms with Crippen LogP contribution in [-0.2, 0) is 0 Å². The first-order valence-electron chi connectivity index (χ1n) is 5.65. The second-order valence-electron chi connectivity index (χ2n) is 3.74. The van der Waals surface area contributed by atoms with E-state index in [0.29, 0.717) is 12.5 Å². The summed E-state index contributed by atoms with van der Waals surface area (Å²) in [5.74, 6) is 0.619. The summed E-state index contributed by atoms with van der Waals surface area (Å²) in [6.07, 6.45) is 0.929. The van der Waals surface area contributed by atoms with Gasteiger partial charge in [0.2, 0.25) is 5.95 Å². The molecule has 1 heterocycles. The molecule has 0 bridgehead atoms. The van der Waals surface area contributed by atoms with Gasteiger partial charge in [0, 0.05) is 12.6 Å². The lowest BCUT2D eigenvalue weighted by Gasteiger charge is -2.14. The summed E-state index contributed by atoms with van der Waals surface area (Å²) >= 11 is 0. The third-order valence-corrected chi connectivity index (χ3v) is 2.58. The molecule has 0 saturated heterocycles. The van der Waals surface area contributed by atoms with Crippen LogP contribution < -0.4 is 11.1 Å². The third kappa shape index (κ3) is 2.59. The molecule has 6 nitrogen and oxygen atoms in total. The van der Waals surface area contributed by atoms with Gasteiger partial charge in [-0.15, -0.1) is 0 Å². The van der Waals surface area contributed by atoms with E-state index in [1.165, 1.54) is 0 Å². The lowest BCUT2D eigenvalue weighted by molar-refractivity contribution is 0.688. The molecule has 17 heavy (non-hydrogen) atoms. The molecule has 0 amide bonds. The van der Waals surface area contributed by atoms with E-state index in [1.807, 2.05) is 30.3 Å². The van der Waals surface area contributed by atoms with Crippen molar-refractivity contribution >= 4 is 5.95 Å². The molecule has 0 aliphatic heterocycles. The van der Waals surface area contributed by atoms with Crippen molar-refractivity contribution in [3.63, 3.8) is 0 Å². The predicted molar refractivity (Wildman–Crippen MR) is 65.9 cm³/mol. The van der Waals surface area contributed by atoms with Crippen molar-refractivity contribution in [3.8, 4) is 5.69 Å². The first-order valence-corrected chi connectivity index (χ1v) is 5.65. The molecule has 6 heteroatoms. The van der Waals surface area contributed by atoms with Crippen LogP contribution in [0.15, 0.2) is 30.3 Å². The maximum atomic E-state index is 5.65. The van der Waals surface area contributed by atoms with Crippen LogP contribution in [0.1, 0.15) is 13.3 Å². The monoisotopic (exact) mass is 232 g/mol. The number of hydrogen-bond donors (Lipinski definition) is 2. The topological polar surface area (TPSA) is 81.7 Å². The Bertz CT molecular complexity index is 448. The number of hydrogen-bond acceptors (Lipinski definition) is 5. The van der Waals surface area contributed by atoms with Gasteiger partial charge >= 0.3 is 0 Å². The van der Waals surface area contributed by atoms with Gasteiger partial charge in [0.25, 0.3) is 0 Å². The second-order valence-corrected chi connectivity index (χ2v) is 3.74. The average molecular weight is 232 g/mol. The van der Waals surface area contributed by atoms with Gasteiger partial charge in [-0.25, -0.2) is 0 Å². The Morgan fingerprint density at radius 2 is 2.12 bits per heavy atom. The van der Waals surface area contributed by atoms with E-state index in [2.05, 4.69) is 27.8 Å². The molecule has 2 aromatic rings. The van der Waals surface area contributed by atoms with E-state index >= 15 is 0 Å². The number of anilines is 1. The molecule has 0 saturated carbocycles. The molecular weight excluding hydrogens is 216 g/mol. The zero-order chi connectivity index (χ0) is 12.1. The summed E-state index contributed by atoms with van der Waals surface area (Å²) in [5.41, 5.74) is 6.57.